The summed E-state index contributed by atoms with van der Waals surface area (Å²) in [7, 11) is 0. The number of carbonyl (C=O) groups excluding carboxylic acids is 1. The summed E-state index contributed by atoms with van der Waals surface area (Å²) >= 11 is 0. The predicted molar refractivity (Wildman–Crippen MR) is 45.6 cm³/mol. The Morgan fingerprint density at radius 1 is 1.54 bits per heavy atom. The van der Waals surface area contributed by atoms with E-state index in [2.05, 4.69) is 16.6 Å². The van der Waals surface area contributed by atoms with Gasteiger partial charge in [-0.15, -0.1) is 12.8 Å². The van der Waals surface area contributed by atoms with Crippen LogP contribution in [0, 0.1) is 24.7 Å². The minimum atomic E-state index is -0.947. The zero-order valence-corrected chi connectivity index (χ0v) is 6.69. The molecule has 0 saturated carbocycles. The summed E-state index contributed by atoms with van der Waals surface area (Å²) in [6.07, 6.45) is 10.4. The second-order valence-electron chi connectivity index (χ2n) is 2.10. The van der Waals surface area contributed by atoms with Crippen molar-refractivity contribution in [1.29, 1.82) is 0 Å². The van der Waals surface area contributed by atoms with Crippen molar-refractivity contribution in [3.8, 4) is 24.7 Å². The third-order valence-corrected chi connectivity index (χ3v) is 1.25. The number of esters is 1. The molecule has 1 rings (SSSR count). The van der Waals surface area contributed by atoms with Gasteiger partial charge in [0.15, 0.2) is 0 Å². The summed E-state index contributed by atoms with van der Waals surface area (Å²) in [5.41, 5.74) is 0. The van der Waals surface area contributed by atoms with Crippen LogP contribution in [-0.4, -0.2) is 12.1 Å². The highest BCUT2D eigenvalue weighted by Gasteiger charge is 2.13. The number of hydrogen-bond donors (Lipinski definition) is 0. The van der Waals surface area contributed by atoms with E-state index in [9.17, 15) is 4.79 Å². The molecule has 0 amide bonds. The second kappa shape index (κ2) is 4.04. The van der Waals surface area contributed by atoms with Crippen molar-refractivity contribution < 1.29 is 13.9 Å². The van der Waals surface area contributed by atoms with Crippen LogP contribution >= 0.6 is 0 Å². The van der Waals surface area contributed by atoms with Gasteiger partial charge in [-0.25, -0.2) is 4.79 Å². The van der Waals surface area contributed by atoms with Crippen LogP contribution in [0.1, 0.15) is 10.6 Å². The van der Waals surface area contributed by atoms with E-state index in [0.29, 0.717) is 0 Å². The van der Waals surface area contributed by atoms with Gasteiger partial charge in [0.25, 0.3) is 0 Å². The molecule has 1 aromatic heterocycles. The molecule has 0 unspecified atom stereocenters. The molecule has 64 valence electrons. The van der Waals surface area contributed by atoms with Crippen LogP contribution in [0.3, 0.4) is 0 Å². The smallest absolute Gasteiger partial charge is 0.376 e. The van der Waals surface area contributed by atoms with Crippen molar-refractivity contribution >= 4 is 5.97 Å². The maximum Gasteiger partial charge on any atom is 0.376 e. The first-order valence-corrected chi connectivity index (χ1v) is 3.44. The van der Waals surface area contributed by atoms with Crippen molar-refractivity contribution in [2.24, 2.45) is 0 Å². The molecular weight excluding hydrogens is 168 g/mol. The van der Waals surface area contributed by atoms with Crippen LogP contribution in [0.4, 0.5) is 0 Å². The first-order chi connectivity index (χ1) is 6.27. The lowest BCUT2D eigenvalue weighted by molar-refractivity contribution is 0.0450. The molecule has 3 heteroatoms. The molecule has 1 heterocycles. The molecular formula is C10H6O3. The molecule has 0 spiro atoms. The lowest BCUT2D eigenvalue weighted by atomic mass is 10.4. The highest BCUT2D eigenvalue weighted by atomic mass is 16.6. The average Bonchev–Trinajstić information content (AvgIpc) is 2.66. The molecule has 0 saturated heterocycles. The van der Waals surface area contributed by atoms with Gasteiger partial charge in [-0.1, -0.05) is 0 Å². The van der Waals surface area contributed by atoms with E-state index >= 15 is 0 Å². The third kappa shape index (κ3) is 2.15. The molecule has 0 bridgehead atoms. The van der Waals surface area contributed by atoms with Crippen molar-refractivity contribution in [3.05, 3.63) is 24.2 Å². The van der Waals surface area contributed by atoms with E-state index in [1.807, 2.05) is 0 Å². The third-order valence-electron chi connectivity index (χ3n) is 1.25. The molecule has 0 radical (unpaired) electrons. The molecule has 0 fully saturated rings. The normalized spacial score (nSPS) is 8.85. The van der Waals surface area contributed by atoms with E-state index in [0.717, 1.165) is 0 Å². The minimum Gasteiger partial charge on any atom is -0.457 e. The molecule has 13 heavy (non-hydrogen) atoms. The van der Waals surface area contributed by atoms with Crippen LogP contribution in [0.5, 0.6) is 0 Å². The Morgan fingerprint density at radius 3 is 2.69 bits per heavy atom. The maximum absolute atomic E-state index is 11.1. The molecule has 3 nitrogen and oxygen atoms in total. The standard InChI is InChI=1S/C10H6O3/c1-3-8(4-2)13-10(11)9-6-5-7-12-9/h1-2,5-8H. The van der Waals surface area contributed by atoms with E-state index in [1.165, 1.54) is 12.3 Å². The molecule has 0 aliphatic carbocycles. The van der Waals surface area contributed by atoms with Crippen molar-refractivity contribution in [2.45, 2.75) is 6.10 Å². The number of carbonyl (C=O) groups is 1. The number of furan rings is 1. The second-order valence-corrected chi connectivity index (χ2v) is 2.10. The Balaban J connectivity index is 2.63. The zero-order valence-electron chi connectivity index (χ0n) is 6.69. The van der Waals surface area contributed by atoms with E-state index in [-0.39, 0.29) is 5.76 Å². The van der Waals surface area contributed by atoms with Crippen molar-refractivity contribution in [2.75, 3.05) is 0 Å². The zero-order chi connectivity index (χ0) is 9.68. The van der Waals surface area contributed by atoms with Gasteiger partial charge in [-0.3, -0.25) is 0 Å². The monoisotopic (exact) mass is 174 g/mol. The quantitative estimate of drug-likeness (QED) is 0.497. The van der Waals surface area contributed by atoms with Crippen LogP contribution in [0.15, 0.2) is 22.8 Å². The molecule has 0 aliphatic heterocycles. The lowest BCUT2D eigenvalue weighted by Gasteiger charge is -2.03. The van der Waals surface area contributed by atoms with Gasteiger partial charge < -0.3 is 9.15 Å². The fourth-order valence-corrected chi connectivity index (χ4v) is 0.676. The summed E-state index contributed by atoms with van der Waals surface area (Å²) < 4.78 is 9.46. The van der Waals surface area contributed by atoms with Crippen molar-refractivity contribution in [3.63, 3.8) is 0 Å². The largest absolute Gasteiger partial charge is 0.457 e. The van der Waals surface area contributed by atoms with Crippen LogP contribution in [-0.2, 0) is 4.74 Å². The Hall–Kier alpha value is -2.13. The Kier molecular flexibility index (Phi) is 2.78. The molecule has 0 aromatic carbocycles. The fourth-order valence-electron chi connectivity index (χ4n) is 0.676. The highest BCUT2D eigenvalue weighted by Crippen LogP contribution is 2.03. The molecule has 1 aromatic rings. The van der Waals surface area contributed by atoms with Gasteiger partial charge in [-0.05, 0) is 24.0 Å². The first kappa shape index (κ1) is 8.96. The average molecular weight is 174 g/mol. The van der Waals surface area contributed by atoms with Gasteiger partial charge in [0, 0.05) is 0 Å². The minimum absolute atomic E-state index is 0.0792. The topological polar surface area (TPSA) is 39.4 Å². The van der Waals surface area contributed by atoms with E-state index < -0.39 is 12.1 Å². The Morgan fingerprint density at radius 2 is 2.23 bits per heavy atom. The molecule has 0 aliphatic rings. The summed E-state index contributed by atoms with van der Waals surface area (Å²) in [4.78, 5) is 11.1. The summed E-state index contributed by atoms with van der Waals surface area (Å²) in [6.45, 7) is 0. The number of terminal acetylenes is 2. The predicted octanol–water partition coefficient (Wildman–Crippen LogP) is 1.07. The summed E-state index contributed by atoms with van der Waals surface area (Å²) in [6, 6.07) is 3.03. The lowest BCUT2D eigenvalue weighted by Crippen LogP contribution is -2.13. The van der Waals surface area contributed by atoms with Gasteiger partial charge >= 0.3 is 5.97 Å². The number of hydrogen-bond acceptors (Lipinski definition) is 3. The van der Waals surface area contributed by atoms with Crippen LogP contribution < -0.4 is 0 Å². The van der Waals surface area contributed by atoms with Crippen LogP contribution in [0.2, 0.25) is 0 Å². The molecule has 0 atom stereocenters. The van der Waals surface area contributed by atoms with Gasteiger partial charge in [0.1, 0.15) is 0 Å². The van der Waals surface area contributed by atoms with Crippen LogP contribution in [0.25, 0.3) is 0 Å². The maximum atomic E-state index is 11.1. The van der Waals surface area contributed by atoms with E-state index in [4.69, 9.17) is 17.3 Å². The van der Waals surface area contributed by atoms with E-state index in [1.54, 1.807) is 6.07 Å². The first-order valence-electron chi connectivity index (χ1n) is 3.44. The van der Waals surface area contributed by atoms with Gasteiger partial charge in [0.2, 0.25) is 11.9 Å². The SMILES string of the molecule is C#CC(C#C)OC(=O)c1ccco1. The summed E-state index contributed by atoms with van der Waals surface area (Å²) in [5, 5.41) is 0. The molecule has 0 N–H and O–H groups in total. The fraction of sp³-hybridized carbons (Fsp3) is 0.100. The van der Waals surface area contributed by atoms with Crippen molar-refractivity contribution in [1.82, 2.24) is 0 Å². The Bertz CT molecular complexity index is 348. The number of rotatable bonds is 2. The Labute approximate surface area is 75.7 Å². The van der Waals surface area contributed by atoms with Gasteiger partial charge in [-0.2, -0.15) is 0 Å². The summed E-state index contributed by atoms with van der Waals surface area (Å²) in [5.74, 6) is 3.67. The highest BCUT2D eigenvalue weighted by molar-refractivity contribution is 5.86. The van der Waals surface area contributed by atoms with Gasteiger partial charge in [0.05, 0.1) is 6.26 Å². The number of ether oxygens (including phenoxy) is 1.